The van der Waals surface area contributed by atoms with Crippen molar-refractivity contribution in [2.45, 2.75) is 26.8 Å². The van der Waals surface area contributed by atoms with Crippen LogP contribution in [0, 0.1) is 13.8 Å². The van der Waals surface area contributed by atoms with Gasteiger partial charge < -0.3 is 9.84 Å². The van der Waals surface area contributed by atoms with Gasteiger partial charge in [-0.15, -0.1) is 5.10 Å². The van der Waals surface area contributed by atoms with Gasteiger partial charge in [0.2, 0.25) is 5.82 Å². The van der Waals surface area contributed by atoms with E-state index in [9.17, 15) is 9.59 Å². The van der Waals surface area contributed by atoms with Crippen molar-refractivity contribution in [1.29, 1.82) is 0 Å². The van der Waals surface area contributed by atoms with Crippen LogP contribution in [0.4, 0.5) is 5.82 Å². The second kappa shape index (κ2) is 4.95. The van der Waals surface area contributed by atoms with Gasteiger partial charge in [0, 0.05) is 19.7 Å². The van der Waals surface area contributed by atoms with Crippen LogP contribution in [-0.2, 0) is 14.1 Å². The monoisotopic (exact) mass is 279 g/mol. The predicted octanol–water partition coefficient (Wildman–Crippen LogP) is 0.257. The summed E-state index contributed by atoms with van der Waals surface area (Å²) in [7, 11) is 2.91. The van der Waals surface area contributed by atoms with Crippen LogP contribution >= 0.6 is 0 Å². The largest absolute Gasteiger partial charge is 0.361 e. The predicted molar refractivity (Wildman–Crippen MR) is 72.7 cm³/mol. The third kappa shape index (κ3) is 2.24. The van der Waals surface area contributed by atoms with E-state index in [-0.39, 0.29) is 11.9 Å². The summed E-state index contributed by atoms with van der Waals surface area (Å²) in [5, 5.41) is 10.8. The highest BCUT2D eigenvalue weighted by molar-refractivity contribution is 5.37. The maximum atomic E-state index is 12.0. The highest BCUT2D eigenvalue weighted by atomic mass is 16.5. The Kier molecular flexibility index (Phi) is 3.47. The number of hydrogen-bond donors (Lipinski definition) is 1. The van der Waals surface area contributed by atoms with E-state index >= 15 is 0 Å². The van der Waals surface area contributed by atoms with Gasteiger partial charge in [0.1, 0.15) is 5.76 Å². The molecule has 8 heteroatoms. The fourth-order valence-corrected chi connectivity index (χ4v) is 2.17. The molecule has 2 rings (SSSR count). The zero-order valence-electron chi connectivity index (χ0n) is 12.1. The van der Waals surface area contributed by atoms with E-state index in [0.717, 1.165) is 20.5 Å². The molecule has 1 unspecified atom stereocenters. The molecule has 8 nitrogen and oxygen atoms in total. The lowest BCUT2D eigenvalue weighted by atomic mass is 10.1. The molecule has 0 aliphatic carbocycles. The fraction of sp³-hybridized carbons (Fsp3) is 0.500. The Labute approximate surface area is 115 Å². The van der Waals surface area contributed by atoms with Gasteiger partial charge in [-0.1, -0.05) is 5.16 Å². The summed E-state index contributed by atoms with van der Waals surface area (Å²) in [6.45, 7) is 5.51. The van der Waals surface area contributed by atoms with E-state index in [1.807, 2.05) is 13.8 Å². The van der Waals surface area contributed by atoms with E-state index in [0.29, 0.717) is 5.76 Å². The van der Waals surface area contributed by atoms with Crippen LogP contribution < -0.4 is 16.6 Å². The summed E-state index contributed by atoms with van der Waals surface area (Å²) in [5.74, 6) is 0.797. The first kappa shape index (κ1) is 14.0. The highest BCUT2D eigenvalue weighted by Crippen LogP contribution is 2.22. The Bertz CT molecular complexity index is 736. The lowest BCUT2D eigenvalue weighted by molar-refractivity contribution is 0.392. The first-order valence-electron chi connectivity index (χ1n) is 6.16. The van der Waals surface area contributed by atoms with Crippen molar-refractivity contribution in [3.05, 3.63) is 37.9 Å². The summed E-state index contributed by atoms with van der Waals surface area (Å²) >= 11 is 0. The van der Waals surface area contributed by atoms with Crippen molar-refractivity contribution >= 4 is 5.82 Å². The van der Waals surface area contributed by atoms with Gasteiger partial charge in [0.05, 0.1) is 11.7 Å². The average Bonchev–Trinajstić information content (AvgIpc) is 2.73. The van der Waals surface area contributed by atoms with Gasteiger partial charge in [-0.2, -0.15) is 0 Å². The maximum absolute atomic E-state index is 12.0. The van der Waals surface area contributed by atoms with E-state index in [1.54, 1.807) is 6.92 Å². The molecule has 0 saturated carbocycles. The molecule has 2 aromatic heterocycles. The molecular formula is C12H17N5O3. The summed E-state index contributed by atoms with van der Waals surface area (Å²) in [6.07, 6.45) is 0. The first-order chi connectivity index (χ1) is 9.32. The van der Waals surface area contributed by atoms with E-state index < -0.39 is 11.2 Å². The number of hydrogen-bond acceptors (Lipinski definition) is 6. The molecule has 0 fully saturated rings. The van der Waals surface area contributed by atoms with Crippen LogP contribution in [0.5, 0.6) is 0 Å². The molecule has 0 saturated heterocycles. The second-order valence-corrected chi connectivity index (χ2v) is 4.72. The third-order valence-corrected chi connectivity index (χ3v) is 3.20. The summed E-state index contributed by atoms with van der Waals surface area (Å²) in [4.78, 5) is 23.6. The van der Waals surface area contributed by atoms with Crippen molar-refractivity contribution in [1.82, 2.24) is 19.5 Å². The molecule has 0 radical (unpaired) electrons. The molecule has 108 valence electrons. The molecule has 20 heavy (non-hydrogen) atoms. The summed E-state index contributed by atoms with van der Waals surface area (Å²) in [6, 6.07) is -0.209. The number of aromatic nitrogens is 4. The number of nitrogens with one attached hydrogen (secondary N) is 1. The molecule has 0 amide bonds. The molecule has 2 heterocycles. The van der Waals surface area contributed by atoms with Crippen molar-refractivity contribution < 1.29 is 4.52 Å². The minimum atomic E-state index is -0.467. The summed E-state index contributed by atoms with van der Waals surface area (Å²) in [5.41, 5.74) is 0.698. The van der Waals surface area contributed by atoms with Crippen molar-refractivity contribution in [2.24, 2.45) is 14.1 Å². The number of aryl methyl sites for hydroxylation is 3. The number of anilines is 1. The van der Waals surface area contributed by atoms with Gasteiger partial charge >= 0.3 is 5.69 Å². The fourth-order valence-electron chi connectivity index (χ4n) is 2.17. The molecule has 0 aliphatic rings. The SMILES string of the molecule is Cc1noc(C)c1C(C)Nc1nn(C)c(=O)n(C)c1=O. The smallest absolute Gasteiger partial charge is 0.346 e. The minimum absolute atomic E-state index is 0.113. The third-order valence-electron chi connectivity index (χ3n) is 3.20. The normalized spacial score (nSPS) is 12.4. The molecule has 0 aliphatic heterocycles. The van der Waals surface area contributed by atoms with Crippen LogP contribution in [0.25, 0.3) is 0 Å². The lowest BCUT2D eigenvalue weighted by Gasteiger charge is -2.14. The van der Waals surface area contributed by atoms with Crippen LogP contribution in [0.2, 0.25) is 0 Å². The quantitative estimate of drug-likeness (QED) is 0.865. The van der Waals surface area contributed by atoms with Crippen LogP contribution in [0.1, 0.15) is 30.0 Å². The van der Waals surface area contributed by atoms with Gasteiger partial charge in [-0.05, 0) is 20.8 Å². The van der Waals surface area contributed by atoms with Crippen LogP contribution in [0.3, 0.4) is 0 Å². The molecule has 1 N–H and O–H groups in total. The molecule has 1 atom stereocenters. The molecule has 2 aromatic rings. The topological polar surface area (TPSA) is 94.9 Å². The lowest BCUT2D eigenvalue weighted by Crippen LogP contribution is -2.40. The van der Waals surface area contributed by atoms with Crippen LogP contribution in [0.15, 0.2) is 14.1 Å². The van der Waals surface area contributed by atoms with Crippen LogP contribution in [-0.4, -0.2) is 19.5 Å². The molecule has 0 bridgehead atoms. The van der Waals surface area contributed by atoms with Crippen molar-refractivity contribution in [3.63, 3.8) is 0 Å². The Morgan fingerprint density at radius 3 is 2.45 bits per heavy atom. The number of nitrogens with zero attached hydrogens (tertiary/aromatic N) is 4. The Hall–Kier alpha value is -2.38. The standard InChI is InChI=1S/C12H17N5O3/c1-6(9-7(2)15-20-8(9)3)13-10-11(18)16(4)12(19)17(5)14-10/h6H,1-5H3,(H,13,14). The van der Waals surface area contributed by atoms with Gasteiger partial charge in [-0.3, -0.25) is 9.36 Å². The van der Waals surface area contributed by atoms with E-state index in [4.69, 9.17) is 4.52 Å². The van der Waals surface area contributed by atoms with Gasteiger partial charge in [0.25, 0.3) is 5.56 Å². The van der Waals surface area contributed by atoms with Crippen molar-refractivity contribution in [2.75, 3.05) is 5.32 Å². The Morgan fingerprint density at radius 2 is 1.90 bits per heavy atom. The maximum Gasteiger partial charge on any atom is 0.346 e. The summed E-state index contributed by atoms with van der Waals surface area (Å²) < 4.78 is 7.23. The van der Waals surface area contributed by atoms with Gasteiger partial charge in [-0.25, -0.2) is 9.48 Å². The van der Waals surface area contributed by atoms with Crippen molar-refractivity contribution in [3.8, 4) is 0 Å². The molecular weight excluding hydrogens is 262 g/mol. The Balaban J connectivity index is 2.41. The van der Waals surface area contributed by atoms with E-state index in [2.05, 4.69) is 15.6 Å². The van der Waals surface area contributed by atoms with E-state index in [1.165, 1.54) is 14.1 Å². The zero-order chi connectivity index (χ0) is 15.0. The average molecular weight is 279 g/mol. The first-order valence-corrected chi connectivity index (χ1v) is 6.16. The second-order valence-electron chi connectivity index (χ2n) is 4.72. The highest BCUT2D eigenvalue weighted by Gasteiger charge is 2.18. The minimum Gasteiger partial charge on any atom is -0.361 e. The molecule has 0 aromatic carbocycles. The Morgan fingerprint density at radius 1 is 1.25 bits per heavy atom. The van der Waals surface area contributed by atoms with Gasteiger partial charge in [0.15, 0.2) is 0 Å². The molecule has 0 spiro atoms. The number of rotatable bonds is 3. The zero-order valence-corrected chi connectivity index (χ0v) is 12.1.